The Labute approximate surface area is 131 Å². The molecule has 1 atom stereocenters. The van der Waals surface area contributed by atoms with Crippen LogP contribution in [0, 0.1) is 34.5 Å². The van der Waals surface area contributed by atoms with E-state index in [2.05, 4.69) is 5.32 Å². The lowest BCUT2D eigenvalue weighted by Crippen LogP contribution is -2.56. The molecular weight excluding hydrogens is 280 g/mol. The number of methoxy groups -OCH3 is 1. The van der Waals surface area contributed by atoms with Gasteiger partial charge in [0.05, 0.1) is 13.2 Å². The first-order chi connectivity index (χ1) is 10.6. The highest BCUT2D eigenvalue weighted by Gasteiger charge is 2.54. The van der Waals surface area contributed by atoms with Crippen LogP contribution in [0.2, 0.25) is 0 Å². The van der Waals surface area contributed by atoms with Crippen molar-refractivity contribution in [3.63, 3.8) is 0 Å². The number of nitrogens with one attached hydrogen (secondary N) is 1. The summed E-state index contributed by atoms with van der Waals surface area (Å²) in [7, 11) is 1.32. The first-order valence-corrected chi connectivity index (χ1v) is 8.32. The molecule has 5 nitrogen and oxygen atoms in total. The third-order valence-electron chi connectivity index (χ3n) is 5.86. The van der Waals surface area contributed by atoms with Crippen LogP contribution in [0.25, 0.3) is 0 Å². The maximum Gasteiger partial charge on any atom is 0.328 e. The predicted molar refractivity (Wildman–Crippen MR) is 79.4 cm³/mol. The molecule has 0 aliphatic heterocycles. The van der Waals surface area contributed by atoms with Crippen LogP contribution < -0.4 is 5.32 Å². The molecule has 4 aliphatic rings. The van der Waals surface area contributed by atoms with Crippen LogP contribution in [0.4, 0.5) is 0 Å². The summed E-state index contributed by atoms with van der Waals surface area (Å²) in [5, 5.41) is 11.6. The van der Waals surface area contributed by atoms with Gasteiger partial charge in [-0.3, -0.25) is 4.79 Å². The number of hydrogen-bond acceptors (Lipinski definition) is 4. The van der Waals surface area contributed by atoms with E-state index >= 15 is 0 Å². The molecule has 1 N–H and O–H groups in total. The van der Waals surface area contributed by atoms with Gasteiger partial charge in [-0.1, -0.05) is 0 Å². The lowest BCUT2D eigenvalue weighted by molar-refractivity contribution is -0.153. The van der Waals surface area contributed by atoms with Gasteiger partial charge in [0.15, 0.2) is 0 Å². The lowest BCUT2D eigenvalue weighted by Gasteiger charge is -2.55. The normalized spacial score (nSPS) is 36.5. The number of ether oxygens (including phenoxy) is 1. The van der Waals surface area contributed by atoms with E-state index in [-0.39, 0.29) is 17.7 Å². The first kappa shape index (κ1) is 15.3. The third-order valence-corrected chi connectivity index (χ3v) is 5.86. The van der Waals surface area contributed by atoms with Gasteiger partial charge in [-0.25, -0.2) is 4.79 Å². The van der Waals surface area contributed by atoms with Crippen LogP contribution in [0.3, 0.4) is 0 Å². The number of amides is 1. The molecule has 4 fully saturated rings. The van der Waals surface area contributed by atoms with Crippen LogP contribution >= 0.6 is 0 Å². The fraction of sp³-hybridized carbons (Fsp3) is 0.824. The summed E-state index contributed by atoms with van der Waals surface area (Å²) >= 11 is 0. The fourth-order valence-corrected chi connectivity index (χ4v) is 5.30. The Morgan fingerprint density at radius 1 is 1.23 bits per heavy atom. The molecular formula is C17H24N2O3. The molecule has 0 aromatic carbocycles. The van der Waals surface area contributed by atoms with Crippen LogP contribution in [-0.4, -0.2) is 25.0 Å². The molecule has 0 aromatic rings. The zero-order chi connectivity index (χ0) is 15.7. The standard InChI is InChI=1S/C17H24N2O3/c1-22-15(20)14(3-2-4-18)19-16(21)17-8-11-5-12(9-17)7-13(6-11)10-17/h11-14H,2-3,5-10H2,1H3,(H,19,21)/t11?,12?,13?,14-,17?/m0/s1. The van der Waals surface area contributed by atoms with Gasteiger partial charge in [0, 0.05) is 11.8 Å². The van der Waals surface area contributed by atoms with Crippen molar-refractivity contribution in [2.45, 2.75) is 57.4 Å². The molecule has 4 rings (SSSR count). The number of carbonyl (C=O) groups excluding carboxylic acids is 2. The van der Waals surface area contributed by atoms with Crippen molar-refractivity contribution in [3.05, 3.63) is 0 Å². The van der Waals surface area contributed by atoms with E-state index in [1.807, 2.05) is 6.07 Å². The molecule has 0 heterocycles. The summed E-state index contributed by atoms with van der Waals surface area (Å²) in [6.45, 7) is 0. The Morgan fingerprint density at radius 3 is 2.23 bits per heavy atom. The number of nitrogens with zero attached hydrogens (tertiary/aromatic N) is 1. The minimum absolute atomic E-state index is 0.0138. The highest BCUT2D eigenvalue weighted by molar-refractivity contribution is 5.88. The van der Waals surface area contributed by atoms with Crippen molar-refractivity contribution in [1.82, 2.24) is 5.32 Å². The van der Waals surface area contributed by atoms with E-state index in [0.29, 0.717) is 24.2 Å². The van der Waals surface area contributed by atoms with Crippen LogP contribution in [0.1, 0.15) is 51.4 Å². The average molecular weight is 304 g/mol. The zero-order valence-corrected chi connectivity index (χ0v) is 13.1. The molecule has 5 heteroatoms. The lowest BCUT2D eigenvalue weighted by atomic mass is 9.49. The minimum atomic E-state index is -0.690. The molecule has 0 spiro atoms. The van der Waals surface area contributed by atoms with E-state index in [4.69, 9.17) is 10.00 Å². The second kappa shape index (κ2) is 5.91. The van der Waals surface area contributed by atoms with Crippen molar-refractivity contribution < 1.29 is 14.3 Å². The molecule has 0 saturated heterocycles. The second-order valence-corrected chi connectivity index (χ2v) is 7.44. The number of esters is 1. The van der Waals surface area contributed by atoms with Gasteiger partial charge in [-0.15, -0.1) is 0 Å². The SMILES string of the molecule is COC(=O)[C@H](CCC#N)NC(=O)C12CC3CC(CC(C3)C1)C2. The molecule has 4 bridgehead atoms. The van der Waals surface area contributed by atoms with Crippen molar-refractivity contribution in [3.8, 4) is 6.07 Å². The maximum atomic E-state index is 12.9. The number of carbonyl (C=O) groups is 2. The molecule has 22 heavy (non-hydrogen) atoms. The zero-order valence-electron chi connectivity index (χ0n) is 13.1. The van der Waals surface area contributed by atoms with E-state index in [0.717, 1.165) is 19.3 Å². The highest BCUT2D eigenvalue weighted by atomic mass is 16.5. The van der Waals surface area contributed by atoms with Crippen LogP contribution in [0.15, 0.2) is 0 Å². The Balaban J connectivity index is 1.70. The second-order valence-electron chi connectivity index (χ2n) is 7.44. The minimum Gasteiger partial charge on any atom is -0.467 e. The highest BCUT2D eigenvalue weighted by Crippen LogP contribution is 2.60. The summed E-state index contributed by atoms with van der Waals surface area (Å²) in [5.74, 6) is 1.63. The van der Waals surface area contributed by atoms with Crippen molar-refractivity contribution in [2.75, 3.05) is 7.11 Å². The summed E-state index contributed by atoms with van der Waals surface area (Å²) in [5.41, 5.74) is -0.270. The topological polar surface area (TPSA) is 79.2 Å². The Bertz CT molecular complexity index is 473. The number of rotatable bonds is 5. The van der Waals surface area contributed by atoms with Crippen LogP contribution in [0.5, 0.6) is 0 Å². The summed E-state index contributed by atoms with van der Waals surface area (Å²) in [6, 6.07) is 1.34. The summed E-state index contributed by atoms with van der Waals surface area (Å²) < 4.78 is 4.77. The van der Waals surface area contributed by atoms with E-state index in [1.54, 1.807) is 0 Å². The quantitative estimate of drug-likeness (QED) is 0.789. The van der Waals surface area contributed by atoms with Crippen LogP contribution in [-0.2, 0) is 14.3 Å². The van der Waals surface area contributed by atoms with Gasteiger partial charge in [0.2, 0.25) is 5.91 Å². The van der Waals surface area contributed by atoms with E-state index in [9.17, 15) is 9.59 Å². The molecule has 0 aromatic heterocycles. The largest absolute Gasteiger partial charge is 0.467 e. The molecule has 4 aliphatic carbocycles. The maximum absolute atomic E-state index is 12.9. The third kappa shape index (κ3) is 2.71. The first-order valence-electron chi connectivity index (χ1n) is 8.32. The van der Waals surface area contributed by atoms with Crippen molar-refractivity contribution in [2.24, 2.45) is 23.2 Å². The number of nitriles is 1. The smallest absolute Gasteiger partial charge is 0.328 e. The average Bonchev–Trinajstić information content (AvgIpc) is 2.49. The Morgan fingerprint density at radius 2 is 1.77 bits per heavy atom. The summed E-state index contributed by atoms with van der Waals surface area (Å²) in [6.07, 6.45) is 7.30. The van der Waals surface area contributed by atoms with Crippen molar-refractivity contribution >= 4 is 11.9 Å². The fourth-order valence-electron chi connectivity index (χ4n) is 5.30. The molecule has 0 unspecified atom stereocenters. The van der Waals surface area contributed by atoms with Gasteiger partial charge in [-0.2, -0.15) is 5.26 Å². The molecule has 4 saturated carbocycles. The Hall–Kier alpha value is -1.57. The Kier molecular flexibility index (Phi) is 4.12. The van der Waals surface area contributed by atoms with Gasteiger partial charge < -0.3 is 10.1 Å². The van der Waals surface area contributed by atoms with Gasteiger partial charge in [0.25, 0.3) is 0 Å². The number of hydrogen-bond donors (Lipinski definition) is 1. The van der Waals surface area contributed by atoms with Gasteiger partial charge in [-0.05, 0) is 62.7 Å². The summed E-state index contributed by atoms with van der Waals surface area (Å²) in [4.78, 5) is 24.7. The molecule has 0 radical (unpaired) electrons. The van der Waals surface area contributed by atoms with Gasteiger partial charge >= 0.3 is 5.97 Å². The van der Waals surface area contributed by atoms with E-state index < -0.39 is 12.0 Å². The van der Waals surface area contributed by atoms with E-state index in [1.165, 1.54) is 26.4 Å². The molecule has 120 valence electrons. The predicted octanol–water partition coefficient (Wildman–Crippen LogP) is 2.16. The monoisotopic (exact) mass is 304 g/mol. The van der Waals surface area contributed by atoms with Crippen molar-refractivity contribution in [1.29, 1.82) is 5.26 Å². The molecule has 1 amide bonds. The van der Waals surface area contributed by atoms with Gasteiger partial charge in [0.1, 0.15) is 6.04 Å².